The second kappa shape index (κ2) is 2.57. The van der Waals surface area contributed by atoms with E-state index in [9.17, 15) is 5.11 Å². The number of fused-ring (bicyclic) bond motifs is 1. The first-order valence-corrected chi connectivity index (χ1v) is 3.99. The highest BCUT2D eigenvalue weighted by Gasteiger charge is 2.11. The fourth-order valence-corrected chi connectivity index (χ4v) is 1.59. The predicted octanol–water partition coefficient (Wildman–Crippen LogP) is 2.09. The fourth-order valence-electron chi connectivity index (χ4n) is 1.59. The fraction of sp³-hybridized carbons (Fsp3) is 0.300. The molecule has 1 aromatic carbocycles. The normalized spacial score (nSPS) is 16.0. The Labute approximate surface area is 66.7 Å². The molecule has 0 aliphatic heterocycles. The lowest BCUT2D eigenvalue weighted by molar-refractivity contribution is 0.466. The summed E-state index contributed by atoms with van der Waals surface area (Å²) < 4.78 is 0. The highest BCUT2D eigenvalue weighted by atomic mass is 16.3. The van der Waals surface area contributed by atoms with Crippen molar-refractivity contribution in [1.82, 2.24) is 0 Å². The van der Waals surface area contributed by atoms with Crippen LogP contribution < -0.4 is 0 Å². The maximum absolute atomic E-state index is 9.44. The highest BCUT2D eigenvalue weighted by Crippen LogP contribution is 2.27. The van der Waals surface area contributed by atoms with Crippen LogP contribution in [0.4, 0.5) is 0 Å². The predicted molar refractivity (Wildman–Crippen MR) is 44.4 cm³/mol. The van der Waals surface area contributed by atoms with Gasteiger partial charge in [0.1, 0.15) is 5.75 Å². The summed E-state index contributed by atoms with van der Waals surface area (Å²) in [4.78, 5) is 0. The smallest absolute Gasteiger partial charge is 0.119 e. The van der Waals surface area contributed by atoms with Gasteiger partial charge >= 0.3 is 0 Å². The van der Waals surface area contributed by atoms with E-state index in [-0.39, 0.29) is 0 Å². The van der Waals surface area contributed by atoms with E-state index < -0.39 is 0 Å². The van der Waals surface area contributed by atoms with E-state index in [0.717, 1.165) is 24.8 Å². The molecule has 1 aliphatic carbocycles. The lowest BCUT2D eigenvalue weighted by Crippen LogP contribution is -2.02. The first-order valence-electron chi connectivity index (χ1n) is 3.99. The minimum absolute atomic E-state index is 0.457. The molecule has 11 heavy (non-hydrogen) atoms. The van der Waals surface area contributed by atoms with Crippen molar-refractivity contribution in [2.45, 2.75) is 19.3 Å². The van der Waals surface area contributed by atoms with E-state index >= 15 is 0 Å². The van der Waals surface area contributed by atoms with Crippen molar-refractivity contribution in [1.29, 1.82) is 0 Å². The molecule has 1 radical (unpaired) electrons. The molecular weight excluding hydrogens is 136 g/mol. The van der Waals surface area contributed by atoms with Crippen molar-refractivity contribution in [3.63, 3.8) is 0 Å². The summed E-state index contributed by atoms with van der Waals surface area (Å²) >= 11 is 0. The van der Waals surface area contributed by atoms with E-state index in [0.29, 0.717) is 5.75 Å². The standard InChI is InChI=1S/C10H11O/c11-10-7-3-5-8-4-1-2-6-9(8)10/h2-3,5,7,11H,1,4,6H2. The minimum Gasteiger partial charge on any atom is -0.508 e. The maximum Gasteiger partial charge on any atom is 0.119 e. The zero-order chi connectivity index (χ0) is 7.68. The Morgan fingerprint density at radius 3 is 3.00 bits per heavy atom. The maximum atomic E-state index is 9.44. The van der Waals surface area contributed by atoms with Crippen LogP contribution in [0.1, 0.15) is 17.5 Å². The van der Waals surface area contributed by atoms with Gasteiger partial charge in [-0.05, 0) is 42.9 Å². The number of phenols is 1. The molecule has 1 aromatic rings. The summed E-state index contributed by atoms with van der Waals surface area (Å²) in [5.41, 5.74) is 2.44. The summed E-state index contributed by atoms with van der Waals surface area (Å²) in [6.45, 7) is 0. The molecule has 0 spiro atoms. The summed E-state index contributed by atoms with van der Waals surface area (Å²) in [5.74, 6) is 0.457. The zero-order valence-corrected chi connectivity index (χ0v) is 6.38. The Morgan fingerprint density at radius 1 is 1.27 bits per heavy atom. The van der Waals surface area contributed by atoms with Crippen molar-refractivity contribution in [3.05, 3.63) is 35.7 Å². The second-order valence-corrected chi connectivity index (χ2v) is 2.95. The van der Waals surface area contributed by atoms with Crippen LogP contribution in [0, 0.1) is 6.42 Å². The number of phenolic OH excluding ortho intramolecular Hbond substituents is 1. The number of rotatable bonds is 0. The number of aryl methyl sites for hydroxylation is 1. The van der Waals surface area contributed by atoms with E-state index in [1.807, 2.05) is 6.07 Å². The van der Waals surface area contributed by atoms with E-state index in [4.69, 9.17) is 0 Å². The average molecular weight is 147 g/mol. The summed E-state index contributed by atoms with van der Waals surface area (Å²) in [5, 5.41) is 9.44. The zero-order valence-electron chi connectivity index (χ0n) is 6.38. The largest absolute Gasteiger partial charge is 0.508 e. The summed E-state index contributed by atoms with van der Waals surface area (Å²) in [6, 6.07) is 5.78. The van der Waals surface area contributed by atoms with Gasteiger partial charge in [0.2, 0.25) is 0 Å². The van der Waals surface area contributed by atoms with Gasteiger partial charge in [-0.25, -0.2) is 0 Å². The van der Waals surface area contributed by atoms with Crippen molar-refractivity contribution in [3.8, 4) is 5.75 Å². The molecule has 0 atom stereocenters. The lowest BCUT2D eigenvalue weighted by Gasteiger charge is -2.15. The van der Waals surface area contributed by atoms with Crippen molar-refractivity contribution in [2.75, 3.05) is 0 Å². The molecule has 2 rings (SSSR count). The molecule has 0 saturated heterocycles. The van der Waals surface area contributed by atoms with Gasteiger partial charge in [0.15, 0.2) is 0 Å². The number of aromatic hydroxyl groups is 1. The average Bonchev–Trinajstić information content (AvgIpc) is 2.06. The van der Waals surface area contributed by atoms with Crippen molar-refractivity contribution >= 4 is 0 Å². The van der Waals surface area contributed by atoms with Crippen molar-refractivity contribution < 1.29 is 5.11 Å². The van der Waals surface area contributed by atoms with E-state index in [1.54, 1.807) is 6.07 Å². The SMILES string of the molecule is Oc1cccc2c1C[CH]CC2. The number of hydrogen-bond donors (Lipinski definition) is 1. The van der Waals surface area contributed by atoms with Crippen LogP contribution in [0.5, 0.6) is 5.75 Å². The molecule has 0 aromatic heterocycles. The van der Waals surface area contributed by atoms with Crippen LogP contribution in [0.25, 0.3) is 0 Å². The van der Waals surface area contributed by atoms with Gasteiger partial charge in [0.25, 0.3) is 0 Å². The third-order valence-corrected chi connectivity index (χ3v) is 2.21. The van der Waals surface area contributed by atoms with E-state index in [1.165, 1.54) is 5.56 Å². The third kappa shape index (κ3) is 1.11. The summed E-state index contributed by atoms with van der Waals surface area (Å²) in [7, 11) is 0. The van der Waals surface area contributed by atoms with Crippen LogP contribution in [0.3, 0.4) is 0 Å². The molecule has 0 fully saturated rings. The van der Waals surface area contributed by atoms with Gasteiger partial charge in [0.05, 0.1) is 0 Å². The number of benzene rings is 1. The molecule has 1 aliphatic rings. The van der Waals surface area contributed by atoms with Gasteiger partial charge in [-0.2, -0.15) is 0 Å². The Bertz CT molecular complexity index is 266. The Balaban J connectivity index is 2.49. The molecule has 0 saturated carbocycles. The van der Waals surface area contributed by atoms with Gasteiger partial charge < -0.3 is 5.11 Å². The molecule has 0 amide bonds. The Kier molecular flexibility index (Phi) is 1.57. The van der Waals surface area contributed by atoms with E-state index in [2.05, 4.69) is 12.5 Å². The topological polar surface area (TPSA) is 20.2 Å². The molecular formula is C10H11O. The van der Waals surface area contributed by atoms with Crippen LogP contribution in [0.15, 0.2) is 18.2 Å². The molecule has 1 N–H and O–H groups in total. The Morgan fingerprint density at radius 2 is 2.18 bits per heavy atom. The van der Waals surface area contributed by atoms with Crippen molar-refractivity contribution in [2.24, 2.45) is 0 Å². The summed E-state index contributed by atoms with van der Waals surface area (Å²) in [6.07, 6.45) is 5.39. The first kappa shape index (κ1) is 6.71. The molecule has 0 unspecified atom stereocenters. The molecule has 1 nitrogen and oxygen atoms in total. The number of hydrogen-bond acceptors (Lipinski definition) is 1. The van der Waals surface area contributed by atoms with Gasteiger partial charge in [-0.15, -0.1) is 0 Å². The van der Waals surface area contributed by atoms with Gasteiger partial charge in [-0.1, -0.05) is 12.1 Å². The minimum atomic E-state index is 0.457. The van der Waals surface area contributed by atoms with Gasteiger partial charge in [0, 0.05) is 0 Å². The lowest BCUT2D eigenvalue weighted by atomic mass is 9.91. The van der Waals surface area contributed by atoms with Crippen LogP contribution in [-0.4, -0.2) is 5.11 Å². The first-order chi connectivity index (χ1) is 5.38. The molecule has 0 bridgehead atoms. The van der Waals surface area contributed by atoms with Crippen LogP contribution in [-0.2, 0) is 12.8 Å². The van der Waals surface area contributed by atoms with Crippen LogP contribution >= 0.6 is 0 Å². The van der Waals surface area contributed by atoms with Crippen LogP contribution in [0.2, 0.25) is 0 Å². The highest BCUT2D eigenvalue weighted by molar-refractivity contribution is 5.41. The molecule has 1 heteroatoms. The molecule has 0 heterocycles. The van der Waals surface area contributed by atoms with Gasteiger partial charge in [-0.3, -0.25) is 0 Å². The second-order valence-electron chi connectivity index (χ2n) is 2.95. The third-order valence-electron chi connectivity index (χ3n) is 2.21. The monoisotopic (exact) mass is 147 g/mol. The Hall–Kier alpha value is -0.980. The quantitative estimate of drug-likeness (QED) is 0.595. The molecule has 57 valence electrons.